The van der Waals surface area contributed by atoms with Crippen molar-refractivity contribution in [2.24, 2.45) is 0 Å². The minimum absolute atomic E-state index is 0.209. The van der Waals surface area contributed by atoms with Crippen molar-refractivity contribution < 1.29 is 24.6 Å². The number of allylic oxidation sites excluding steroid dienone is 5. The normalized spacial score (nSPS) is 12.8. The van der Waals surface area contributed by atoms with Gasteiger partial charge in [-0.3, -0.25) is 9.59 Å². The molecule has 0 heterocycles. The van der Waals surface area contributed by atoms with E-state index in [1.54, 1.807) is 0 Å². The lowest BCUT2D eigenvalue weighted by atomic mass is 10.1. The van der Waals surface area contributed by atoms with Crippen LogP contribution in [0.5, 0.6) is 0 Å². The minimum Gasteiger partial charge on any atom is -0.481 e. The molecule has 1 unspecified atom stereocenters. The van der Waals surface area contributed by atoms with E-state index in [-0.39, 0.29) is 12.3 Å². The Bertz CT molecular complexity index is 723. The summed E-state index contributed by atoms with van der Waals surface area (Å²) in [4.78, 5) is 34.1. The Morgan fingerprint density at radius 3 is 1.86 bits per heavy atom. The molecule has 200 valence electrons. The number of aliphatic carboxylic acids is 2. The molecular weight excluding hydrogens is 462 g/mol. The van der Waals surface area contributed by atoms with Gasteiger partial charge in [-0.2, -0.15) is 11.8 Å². The monoisotopic (exact) mass is 509 g/mol. The van der Waals surface area contributed by atoms with Crippen molar-refractivity contribution in [3.63, 3.8) is 0 Å². The van der Waals surface area contributed by atoms with E-state index >= 15 is 0 Å². The van der Waals surface area contributed by atoms with Crippen LogP contribution >= 0.6 is 11.8 Å². The SMILES string of the molecule is CC(C)=CCC/C(C)=C/CC/C(C)=C/CSCC(NC(=O)CCCCCCCCC(=O)O)C(=O)O. The van der Waals surface area contributed by atoms with E-state index < -0.39 is 18.0 Å². The highest BCUT2D eigenvalue weighted by Crippen LogP contribution is 2.13. The van der Waals surface area contributed by atoms with Crippen molar-refractivity contribution in [3.05, 3.63) is 34.9 Å². The van der Waals surface area contributed by atoms with E-state index in [1.165, 1.54) is 28.5 Å². The zero-order valence-corrected chi connectivity index (χ0v) is 23.1. The van der Waals surface area contributed by atoms with Gasteiger partial charge in [-0.1, -0.05) is 60.6 Å². The number of carbonyl (C=O) groups is 3. The smallest absolute Gasteiger partial charge is 0.327 e. The summed E-state index contributed by atoms with van der Waals surface area (Å²) < 4.78 is 0. The Hall–Kier alpha value is -2.02. The maximum Gasteiger partial charge on any atom is 0.327 e. The molecule has 1 amide bonds. The molecule has 1 atom stereocenters. The van der Waals surface area contributed by atoms with E-state index in [1.807, 2.05) is 0 Å². The van der Waals surface area contributed by atoms with Gasteiger partial charge < -0.3 is 15.5 Å². The average Bonchev–Trinajstić information content (AvgIpc) is 2.77. The fraction of sp³-hybridized carbons (Fsp3) is 0.679. The number of thioether (sulfide) groups is 1. The van der Waals surface area contributed by atoms with Crippen LogP contribution in [0.4, 0.5) is 0 Å². The summed E-state index contributed by atoms with van der Waals surface area (Å²) in [5, 5.41) is 20.7. The molecule has 0 aromatic heterocycles. The quantitative estimate of drug-likeness (QED) is 0.115. The standard InChI is InChI=1S/C28H47NO5S/c1-22(2)13-11-14-23(3)15-12-16-24(4)19-20-35-21-25(28(33)34)29-26(30)17-9-7-5-6-8-10-18-27(31)32/h13,15,19,25H,5-12,14,16-18,20-21H2,1-4H3,(H,29,30)(H,31,32)(H,33,34)/b23-15+,24-19+. The predicted molar refractivity (Wildman–Crippen MR) is 147 cm³/mol. The van der Waals surface area contributed by atoms with E-state index in [0.29, 0.717) is 18.6 Å². The second kappa shape index (κ2) is 21.3. The second-order valence-electron chi connectivity index (χ2n) is 9.47. The molecule has 0 aliphatic rings. The highest BCUT2D eigenvalue weighted by atomic mass is 32.2. The average molecular weight is 510 g/mol. The van der Waals surface area contributed by atoms with E-state index in [2.05, 4.69) is 51.2 Å². The van der Waals surface area contributed by atoms with Crippen molar-refractivity contribution in [2.75, 3.05) is 11.5 Å². The van der Waals surface area contributed by atoms with Crippen LogP contribution in [-0.2, 0) is 14.4 Å². The van der Waals surface area contributed by atoms with Crippen LogP contribution in [-0.4, -0.2) is 45.6 Å². The highest BCUT2D eigenvalue weighted by molar-refractivity contribution is 7.99. The molecule has 0 saturated carbocycles. The van der Waals surface area contributed by atoms with Crippen LogP contribution in [0.3, 0.4) is 0 Å². The summed E-state index contributed by atoms with van der Waals surface area (Å²) in [5.74, 6) is -0.904. The molecule has 0 aromatic carbocycles. The summed E-state index contributed by atoms with van der Waals surface area (Å²) in [5.41, 5.74) is 4.07. The zero-order chi connectivity index (χ0) is 26.5. The molecule has 0 fully saturated rings. The van der Waals surface area contributed by atoms with Gasteiger partial charge in [-0.25, -0.2) is 4.79 Å². The lowest BCUT2D eigenvalue weighted by molar-refractivity contribution is -0.141. The lowest BCUT2D eigenvalue weighted by Crippen LogP contribution is -2.42. The third kappa shape index (κ3) is 22.2. The van der Waals surface area contributed by atoms with E-state index in [0.717, 1.165) is 63.5 Å². The van der Waals surface area contributed by atoms with Crippen LogP contribution in [0.25, 0.3) is 0 Å². The number of unbranched alkanes of at least 4 members (excludes halogenated alkanes) is 5. The van der Waals surface area contributed by atoms with Gasteiger partial charge >= 0.3 is 11.9 Å². The molecule has 7 heteroatoms. The van der Waals surface area contributed by atoms with Crippen molar-refractivity contribution in [1.29, 1.82) is 0 Å². The van der Waals surface area contributed by atoms with Crippen LogP contribution < -0.4 is 5.32 Å². The van der Waals surface area contributed by atoms with Gasteiger partial charge in [0.1, 0.15) is 6.04 Å². The van der Waals surface area contributed by atoms with Crippen LogP contribution in [0.15, 0.2) is 34.9 Å². The summed E-state index contributed by atoms with van der Waals surface area (Å²) in [6, 6.07) is -0.872. The number of amides is 1. The van der Waals surface area contributed by atoms with Gasteiger partial charge in [0.2, 0.25) is 5.91 Å². The molecule has 6 nitrogen and oxygen atoms in total. The summed E-state index contributed by atoms with van der Waals surface area (Å²) in [6.45, 7) is 8.53. The molecule has 0 rings (SSSR count). The molecule has 0 radical (unpaired) electrons. The number of nitrogens with one attached hydrogen (secondary N) is 1. The Labute approximate surface area is 216 Å². The van der Waals surface area contributed by atoms with E-state index in [4.69, 9.17) is 5.11 Å². The van der Waals surface area contributed by atoms with Crippen molar-refractivity contribution in [3.8, 4) is 0 Å². The van der Waals surface area contributed by atoms with Crippen LogP contribution in [0.2, 0.25) is 0 Å². The molecule has 0 aliphatic carbocycles. The van der Waals surface area contributed by atoms with Crippen molar-refractivity contribution >= 4 is 29.6 Å². The first-order valence-corrected chi connectivity index (χ1v) is 14.0. The van der Waals surface area contributed by atoms with Gasteiger partial charge in [0.15, 0.2) is 0 Å². The Morgan fingerprint density at radius 2 is 1.29 bits per heavy atom. The first-order chi connectivity index (χ1) is 16.6. The second-order valence-corrected chi connectivity index (χ2v) is 10.5. The Balaban J connectivity index is 4.07. The predicted octanol–water partition coefficient (Wildman–Crippen LogP) is 6.91. The number of carboxylic acid groups (broad SMARTS) is 2. The van der Waals surface area contributed by atoms with Crippen molar-refractivity contribution in [2.45, 2.75) is 111 Å². The maximum atomic E-state index is 12.1. The molecule has 35 heavy (non-hydrogen) atoms. The lowest BCUT2D eigenvalue weighted by Gasteiger charge is -2.14. The topological polar surface area (TPSA) is 104 Å². The molecule has 3 N–H and O–H groups in total. The number of hydrogen-bond acceptors (Lipinski definition) is 4. The summed E-state index contributed by atoms with van der Waals surface area (Å²) in [6.07, 6.45) is 16.6. The first-order valence-electron chi connectivity index (χ1n) is 12.9. The number of rotatable bonds is 21. The number of carbonyl (C=O) groups excluding carboxylic acids is 1. The molecule has 0 aliphatic heterocycles. The van der Waals surface area contributed by atoms with Gasteiger partial charge in [-0.05, 0) is 66.2 Å². The van der Waals surface area contributed by atoms with Gasteiger partial charge in [0.05, 0.1) is 0 Å². The zero-order valence-electron chi connectivity index (χ0n) is 22.2. The fourth-order valence-corrected chi connectivity index (χ4v) is 4.44. The third-order valence-electron chi connectivity index (χ3n) is 5.63. The Morgan fingerprint density at radius 1 is 0.743 bits per heavy atom. The highest BCUT2D eigenvalue weighted by Gasteiger charge is 2.19. The largest absolute Gasteiger partial charge is 0.481 e. The van der Waals surface area contributed by atoms with Gasteiger partial charge in [0.25, 0.3) is 0 Å². The minimum atomic E-state index is -1.00. The molecule has 0 spiro atoms. The first kappa shape index (κ1) is 33.0. The fourth-order valence-electron chi connectivity index (χ4n) is 3.44. The number of carboxylic acids is 2. The van der Waals surface area contributed by atoms with Gasteiger partial charge in [0, 0.05) is 24.3 Å². The van der Waals surface area contributed by atoms with Crippen molar-refractivity contribution in [1.82, 2.24) is 5.32 Å². The Kier molecular flexibility index (Phi) is 20.0. The summed E-state index contributed by atoms with van der Waals surface area (Å²) in [7, 11) is 0. The molecule has 0 aromatic rings. The number of hydrogen-bond donors (Lipinski definition) is 3. The molecule has 0 bridgehead atoms. The molecular formula is C28H47NO5S. The van der Waals surface area contributed by atoms with Crippen LogP contribution in [0, 0.1) is 0 Å². The maximum absolute atomic E-state index is 12.1. The van der Waals surface area contributed by atoms with Gasteiger partial charge in [-0.15, -0.1) is 0 Å². The van der Waals surface area contributed by atoms with E-state index in [9.17, 15) is 19.5 Å². The third-order valence-corrected chi connectivity index (χ3v) is 6.61. The summed E-state index contributed by atoms with van der Waals surface area (Å²) >= 11 is 1.52. The van der Waals surface area contributed by atoms with Crippen LogP contribution in [0.1, 0.15) is 105 Å². The molecule has 0 saturated heterocycles.